The molecule has 0 aromatic carbocycles. The van der Waals surface area contributed by atoms with Gasteiger partial charge in [0.1, 0.15) is 11.5 Å². The fraction of sp³-hybridized carbons (Fsp3) is 0.667. The number of nitrogens with one attached hydrogen (secondary N) is 1. The summed E-state index contributed by atoms with van der Waals surface area (Å²) >= 11 is 0. The minimum atomic E-state index is 0.134. The van der Waals surface area contributed by atoms with Crippen molar-refractivity contribution >= 4 is 5.91 Å². The summed E-state index contributed by atoms with van der Waals surface area (Å²) < 4.78 is 5.46. The number of furan rings is 1. The minimum Gasteiger partial charge on any atom is -0.466 e. The van der Waals surface area contributed by atoms with Gasteiger partial charge in [0, 0.05) is 19.6 Å². The molecule has 1 N–H and O–H groups in total. The van der Waals surface area contributed by atoms with E-state index in [-0.39, 0.29) is 5.91 Å². The molecule has 4 heteroatoms. The molecule has 19 heavy (non-hydrogen) atoms. The fourth-order valence-corrected chi connectivity index (χ4v) is 3.42. The summed E-state index contributed by atoms with van der Waals surface area (Å²) in [5.41, 5.74) is 1.19. The van der Waals surface area contributed by atoms with Crippen molar-refractivity contribution in [2.45, 2.75) is 33.1 Å². The molecule has 2 fully saturated rings. The van der Waals surface area contributed by atoms with Crippen molar-refractivity contribution in [1.29, 1.82) is 0 Å². The van der Waals surface area contributed by atoms with Gasteiger partial charge in [0.15, 0.2) is 0 Å². The van der Waals surface area contributed by atoms with Gasteiger partial charge in [0.25, 0.3) is 5.91 Å². The van der Waals surface area contributed by atoms with Crippen LogP contribution in [0.1, 0.15) is 41.1 Å². The minimum absolute atomic E-state index is 0.134. The summed E-state index contributed by atoms with van der Waals surface area (Å²) in [6.07, 6.45) is 3.52. The molecule has 2 aliphatic heterocycles. The Kier molecular flexibility index (Phi) is 3.13. The van der Waals surface area contributed by atoms with E-state index in [9.17, 15) is 4.79 Å². The normalized spacial score (nSPS) is 22.1. The van der Waals surface area contributed by atoms with Crippen LogP contribution in [0.5, 0.6) is 0 Å². The van der Waals surface area contributed by atoms with E-state index in [0.717, 1.165) is 56.1 Å². The van der Waals surface area contributed by atoms with Crippen LogP contribution in [0.25, 0.3) is 0 Å². The molecular formula is C15H22N2O2. The van der Waals surface area contributed by atoms with Crippen molar-refractivity contribution in [1.82, 2.24) is 10.2 Å². The van der Waals surface area contributed by atoms with E-state index in [0.29, 0.717) is 5.41 Å². The van der Waals surface area contributed by atoms with Crippen LogP contribution >= 0.6 is 0 Å². The molecule has 4 nitrogen and oxygen atoms in total. The molecular weight excluding hydrogens is 240 g/mol. The second-order valence-electron chi connectivity index (χ2n) is 6.05. The second kappa shape index (κ2) is 4.67. The molecule has 2 aliphatic rings. The molecule has 3 heterocycles. The maximum atomic E-state index is 12.5. The zero-order valence-corrected chi connectivity index (χ0v) is 11.8. The molecule has 104 valence electrons. The molecule has 1 amide bonds. The number of likely N-dealkylation sites (tertiary alicyclic amines) is 1. The number of carbonyl (C=O) groups excluding carboxylic acids is 1. The molecule has 1 spiro atoms. The van der Waals surface area contributed by atoms with E-state index in [2.05, 4.69) is 5.32 Å². The van der Waals surface area contributed by atoms with Crippen LogP contribution in [0.15, 0.2) is 10.5 Å². The highest BCUT2D eigenvalue weighted by Crippen LogP contribution is 2.37. The third-order valence-corrected chi connectivity index (χ3v) is 4.71. The topological polar surface area (TPSA) is 45.5 Å². The zero-order chi connectivity index (χ0) is 13.5. The van der Waals surface area contributed by atoms with Crippen LogP contribution in [0.4, 0.5) is 0 Å². The number of aryl methyl sites for hydroxylation is 2. The van der Waals surface area contributed by atoms with Gasteiger partial charge in [-0.15, -0.1) is 0 Å². The number of carbonyl (C=O) groups is 1. The highest BCUT2D eigenvalue weighted by Gasteiger charge is 2.38. The summed E-state index contributed by atoms with van der Waals surface area (Å²) in [6, 6.07) is 1.86. The first-order valence-corrected chi connectivity index (χ1v) is 7.17. The lowest BCUT2D eigenvalue weighted by Gasteiger charge is -2.38. The van der Waals surface area contributed by atoms with Crippen molar-refractivity contribution in [2.24, 2.45) is 5.41 Å². The SMILES string of the molecule is Cc1cc(C(=O)N2CCC3(CCNC3)CC2)c(C)o1. The summed E-state index contributed by atoms with van der Waals surface area (Å²) in [7, 11) is 0. The Hall–Kier alpha value is -1.29. The average Bonchev–Trinajstić information content (AvgIpc) is 2.97. The van der Waals surface area contributed by atoms with Crippen molar-refractivity contribution in [3.63, 3.8) is 0 Å². The molecule has 2 saturated heterocycles. The van der Waals surface area contributed by atoms with Crippen molar-refractivity contribution in [3.8, 4) is 0 Å². The monoisotopic (exact) mass is 262 g/mol. The van der Waals surface area contributed by atoms with Crippen LogP contribution in [0, 0.1) is 19.3 Å². The lowest BCUT2D eigenvalue weighted by atomic mass is 9.78. The Balaban J connectivity index is 1.68. The van der Waals surface area contributed by atoms with Crippen LogP contribution in [0.2, 0.25) is 0 Å². The molecule has 1 aromatic rings. The summed E-state index contributed by atoms with van der Waals surface area (Å²) in [4.78, 5) is 14.5. The van der Waals surface area contributed by atoms with Crippen molar-refractivity contribution in [3.05, 3.63) is 23.2 Å². The lowest BCUT2D eigenvalue weighted by Crippen LogP contribution is -2.44. The molecule has 0 unspecified atom stereocenters. The van der Waals surface area contributed by atoms with Gasteiger partial charge in [0.05, 0.1) is 5.56 Å². The molecule has 0 saturated carbocycles. The van der Waals surface area contributed by atoms with Crippen LogP contribution in [-0.2, 0) is 0 Å². The quantitative estimate of drug-likeness (QED) is 0.843. The summed E-state index contributed by atoms with van der Waals surface area (Å²) in [5, 5.41) is 3.45. The number of hydrogen-bond donors (Lipinski definition) is 1. The van der Waals surface area contributed by atoms with Crippen LogP contribution in [-0.4, -0.2) is 37.0 Å². The molecule has 1 aromatic heterocycles. The maximum Gasteiger partial charge on any atom is 0.257 e. The van der Waals surface area contributed by atoms with Gasteiger partial charge >= 0.3 is 0 Å². The Labute approximate surface area is 114 Å². The first kappa shape index (κ1) is 12.7. The maximum absolute atomic E-state index is 12.5. The number of amides is 1. The first-order chi connectivity index (χ1) is 9.10. The molecule has 0 bridgehead atoms. The van der Waals surface area contributed by atoms with Gasteiger partial charge in [-0.1, -0.05) is 0 Å². The van der Waals surface area contributed by atoms with Gasteiger partial charge in [-0.05, 0) is 51.1 Å². The number of piperidine rings is 1. The molecule has 0 aliphatic carbocycles. The third kappa shape index (κ3) is 2.29. The Morgan fingerprint density at radius 3 is 2.58 bits per heavy atom. The van der Waals surface area contributed by atoms with E-state index in [1.54, 1.807) is 0 Å². The third-order valence-electron chi connectivity index (χ3n) is 4.71. The van der Waals surface area contributed by atoms with Gasteiger partial charge in [0.2, 0.25) is 0 Å². The van der Waals surface area contributed by atoms with E-state index in [1.165, 1.54) is 6.42 Å². The molecule has 0 radical (unpaired) electrons. The van der Waals surface area contributed by atoms with Crippen LogP contribution in [0.3, 0.4) is 0 Å². The van der Waals surface area contributed by atoms with Gasteiger partial charge in [-0.3, -0.25) is 4.79 Å². The Bertz CT molecular complexity index is 476. The predicted molar refractivity (Wildman–Crippen MR) is 73.2 cm³/mol. The average molecular weight is 262 g/mol. The second-order valence-corrected chi connectivity index (χ2v) is 6.05. The Morgan fingerprint density at radius 2 is 2.05 bits per heavy atom. The van der Waals surface area contributed by atoms with Gasteiger partial charge in [-0.25, -0.2) is 0 Å². The van der Waals surface area contributed by atoms with E-state index in [1.807, 2.05) is 24.8 Å². The highest BCUT2D eigenvalue weighted by atomic mass is 16.3. The largest absolute Gasteiger partial charge is 0.466 e. The highest BCUT2D eigenvalue weighted by molar-refractivity contribution is 5.95. The number of rotatable bonds is 1. The number of nitrogens with zero attached hydrogens (tertiary/aromatic N) is 1. The summed E-state index contributed by atoms with van der Waals surface area (Å²) in [6.45, 7) is 7.77. The van der Waals surface area contributed by atoms with Gasteiger partial charge in [-0.2, -0.15) is 0 Å². The van der Waals surface area contributed by atoms with Gasteiger partial charge < -0.3 is 14.6 Å². The van der Waals surface area contributed by atoms with Crippen LogP contribution < -0.4 is 5.32 Å². The van der Waals surface area contributed by atoms with E-state index >= 15 is 0 Å². The predicted octanol–water partition coefficient (Wildman–Crippen LogP) is 2.11. The standard InChI is InChI=1S/C15H22N2O2/c1-11-9-13(12(2)19-11)14(18)17-7-4-15(5-8-17)3-6-16-10-15/h9,16H,3-8,10H2,1-2H3. The fourth-order valence-electron chi connectivity index (χ4n) is 3.42. The first-order valence-electron chi connectivity index (χ1n) is 7.17. The summed E-state index contributed by atoms with van der Waals surface area (Å²) in [5.74, 6) is 1.69. The Morgan fingerprint density at radius 1 is 1.32 bits per heavy atom. The smallest absolute Gasteiger partial charge is 0.257 e. The van der Waals surface area contributed by atoms with E-state index < -0.39 is 0 Å². The molecule has 0 atom stereocenters. The molecule has 3 rings (SSSR count). The van der Waals surface area contributed by atoms with E-state index in [4.69, 9.17) is 4.42 Å². The zero-order valence-electron chi connectivity index (χ0n) is 11.8. The van der Waals surface area contributed by atoms with Crippen molar-refractivity contribution in [2.75, 3.05) is 26.2 Å². The van der Waals surface area contributed by atoms with Crippen molar-refractivity contribution < 1.29 is 9.21 Å². The number of hydrogen-bond acceptors (Lipinski definition) is 3. The lowest BCUT2D eigenvalue weighted by molar-refractivity contribution is 0.0606.